The molecule has 8 nitrogen and oxygen atoms in total. The van der Waals surface area contributed by atoms with Gasteiger partial charge in [-0.15, -0.1) is 0 Å². The van der Waals surface area contributed by atoms with E-state index in [0.29, 0.717) is 26.2 Å². The highest BCUT2D eigenvalue weighted by Crippen LogP contribution is 2.17. The Labute approximate surface area is 134 Å². The number of amides is 1. The molecule has 0 saturated heterocycles. The van der Waals surface area contributed by atoms with Crippen LogP contribution in [0.4, 0.5) is 5.82 Å². The number of carbonyl (C=O) groups is 1. The molecule has 0 unspecified atom stereocenters. The first-order valence-corrected chi connectivity index (χ1v) is 7.50. The van der Waals surface area contributed by atoms with Crippen molar-refractivity contribution in [2.75, 3.05) is 25.4 Å². The van der Waals surface area contributed by atoms with Gasteiger partial charge in [-0.05, 0) is 22.8 Å². The van der Waals surface area contributed by atoms with Crippen LogP contribution < -0.4 is 21.1 Å². The molecule has 1 amide bonds. The standard InChI is InChI=1S/C15H21N5O3/c1-2-9-22-12-6-4-3-5-11(12)10-17-7-8-18-15(21)13-14(16)20-23-19-13/h3-6,17H,2,7-10H2,1H3,(H2,16,20)(H,18,21). The Hall–Kier alpha value is -2.61. The van der Waals surface area contributed by atoms with Crippen molar-refractivity contribution in [2.45, 2.75) is 19.9 Å². The number of aromatic nitrogens is 2. The van der Waals surface area contributed by atoms with Gasteiger partial charge in [0, 0.05) is 25.2 Å². The van der Waals surface area contributed by atoms with Crippen LogP contribution in [-0.2, 0) is 6.54 Å². The van der Waals surface area contributed by atoms with Crippen molar-refractivity contribution in [2.24, 2.45) is 0 Å². The molecule has 8 heteroatoms. The van der Waals surface area contributed by atoms with Gasteiger partial charge < -0.3 is 21.1 Å². The van der Waals surface area contributed by atoms with E-state index in [9.17, 15) is 4.79 Å². The Balaban J connectivity index is 1.71. The quantitative estimate of drug-likeness (QED) is 0.590. The number of nitrogens with two attached hydrogens (primary N) is 1. The van der Waals surface area contributed by atoms with E-state index in [1.165, 1.54) is 0 Å². The van der Waals surface area contributed by atoms with Gasteiger partial charge in [0.2, 0.25) is 11.5 Å². The number of benzene rings is 1. The van der Waals surface area contributed by atoms with Gasteiger partial charge in [-0.2, -0.15) is 0 Å². The smallest absolute Gasteiger partial charge is 0.277 e. The summed E-state index contributed by atoms with van der Waals surface area (Å²) in [5, 5.41) is 12.7. The van der Waals surface area contributed by atoms with Crippen LogP contribution in [0.2, 0.25) is 0 Å². The summed E-state index contributed by atoms with van der Waals surface area (Å²) >= 11 is 0. The first-order valence-electron chi connectivity index (χ1n) is 7.50. The number of nitrogens with zero attached hydrogens (tertiary/aromatic N) is 2. The lowest BCUT2D eigenvalue weighted by molar-refractivity contribution is 0.0944. The Morgan fingerprint density at radius 3 is 2.87 bits per heavy atom. The molecule has 1 aromatic carbocycles. The maximum Gasteiger partial charge on any atom is 0.277 e. The predicted octanol–water partition coefficient (Wildman–Crippen LogP) is 0.960. The molecule has 2 rings (SSSR count). The predicted molar refractivity (Wildman–Crippen MR) is 85.0 cm³/mol. The fraction of sp³-hybridized carbons (Fsp3) is 0.400. The summed E-state index contributed by atoms with van der Waals surface area (Å²) in [5.41, 5.74) is 6.53. The van der Waals surface area contributed by atoms with Crippen LogP contribution in [0.1, 0.15) is 29.4 Å². The third-order valence-electron chi connectivity index (χ3n) is 3.07. The zero-order valence-corrected chi connectivity index (χ0v) is 13.0. The van der Waals surface area contributed by atoms with Crippen molar-refractivity contribution < 1.29 is 14.2 Å². The first-order chi connectivity index (χ1) is 11.2. The molecular formula is C15H21N5O3. The number of para-hydroxylation sites is 1. The average Bonchev–Trinajstić information content (AvgIpc) is 2.99. The van der Waals surface area contributed by atoms with Crippen molar-refractivity contribution in [3.8, 4) is 5.75 Å². The van der Waals surface area contributed by atoms with E-state index in [1.807, 2.05) is 24.3 Å². The highest BCUT2D eigenvalue weighted by molar-refractivity contribution is 5.95. The minimum Gasteiger partial charge on any atom is -0.493 e. The number of nitrogen functional groups attached to an aromatic ring is 1. The summed E-state index contributed by atoms with van der Waals surface area (Å²) in [6.45, 7) is 4.45. The Morgan fingerprint density at radius 1 is 1.30 bits per heavy atom. The molecule has 0 radical (unpaired) electrons. The molecule has 23 heavy (non-hydrogen) atoms. The van der Waals surface area contributed by atoms with Gasteiger partial charge in [0.1, 0.15) is 5.75 Å². The largest absolute Gasteiger partial charge is 0.493 e. The van der Waals surface area contributed by atoms with E-state index in [-0.39, 0.29) is 11.5 Å². The van der Waals surface area contributed by atoms with E-state index in [2.05, 4.69) is 32.5 Å². The zero-order chi connectivity index (χ0) is 16.5. The van der Waals surface area contributed by atoms with Gasteiger partial charge in [0.25, 0.3) is 5.91 Å². The molecule has 0 aliphatic carbocycles. The molecule has 1 heterocycles. The highest BCUT2D eigenvalue weighted by atomic mass is 16.6. The molecular weight excluding hydrogens is 298 g/mol. The van der Waals surface area contributed by atoms with Crippen molar-refractivity contribution in [1.82, 2.24) is 20.9 Å². The van der Waals surface area contributed by atoms with Crippen LogP contribution in [0.15, 0.2) is 28.9 Å². The molecule has 0 saturated carbocycles. The molecule has 4 N–H and O–H groups in total. The van der Waals surface area contributed by atoms with Gasteiger partial charge in [0.05, 0.1) is 6.61 Å². The average molecular weight is 319 g/mol. The lowest BCUT2D eigenvalue weighted by atomic mass is 10.2. The van der Waals surface area contributed by atoms with Crippen molar-refractivity contribution in [1.29, 1.82) is 0 Å². The summed E-state index contributed by atoms with van der Waals surface area (Å²) in [7, 11) is 0. The third-order valence-corrected chi connectivity index (χ3v) is 3.07. The third kappa shape index (κ3) is 4.96. The van der Waals surface area contributed by atoms with Crippen LogP contribution in [0.25, 0.3) is 0 Å². The summed E-state index contributed by atoms with van der Waals surface area (Å²) in [6.07, 6.45) is 0.966. The summed E-state index contributed by atoms with van der Waals surface area (Å²) in [4.78, 5) is 11.7. The number of hydrogen-bond donors (Lipinski definition) is 3. The van der Waals surface area contributed by atoms with Gasteiger partial charge in [-0.25, -0.2) is 4.63 Å². The first kappa shape index (κ1) is 16.8. The molecule has 2 aromatic rings. The van der Waals surface area contributed by atoms with E-state index >= 15 is 0 Å². The number of carbonyl (C=O) groups excluding carboxylic acids is 1. The monoisotopic (exact) mass is 319 g/mol. The molecule has 0 aliphatic heterocycles. The number of rotatable bonds is 9. The van der Waals surface area contributed by atoms with Crippen LogP contribution in [0.3, 0.4) is 0 Å². The van der Waals surface area contributed by atoms with E-state index in [0.717, 1.165) is 17.7 Å². The van der Waals surface area contributed by atoms with Gasteiger partial charge in [0.15, 0.2) is 0 Å². The lowest BCUT2D eigenvalue weighted by Gasteiger charge is -2.11. The van der Waals surface area contributed by atoms with E-state index in [4.69, 9.17) is 10.5 Å². The van der Waals surface area contributed by atoms with Crippen molar-refractivity contribution in [3.63, 3.8) is 0 Å². The Morgan fingerprint density at radius 2 is 2.13 bits per heavy atom. The van der Waals surface area contributed by atoms with Crippen LogP contribution in [0, 0.1) is 0 Å². The molecule has 124 valence electrons. The van der Waals surface area contributed by atoms with Gasteiger partial charge >= 0.3 is 0 Å². The second-order valence-electron chi connectivity index (χ2n) is 4.89. The van der Waals surface area contributed by atoms with Crippen LogP contribution >= 0.6 is 0 Å². The lowest BCUT2D eigenvalue weighted by Crippen LogP contribution is -2.32. The zero-order valence-electron chi connectivity index (χ0n) is 13.0. The van der Waals surface area contributed by atoms with Gasteiger partial charge in [-0.1, -0.05) is 25.1 Å². The fourth-order valence-corrected chi connectivity index (χ4v) is 1.93. The van der Waals surface area contributed by atoms with Gasteiger partial charge in [-0.3, -0.25) is 4.79 Å². The number of anilines is 1. The topological polar surface area (TPSA) is 115 Å². The summed E-state index contributed by atoms with van der Waals surface area (Å²) in [5.74, 6) is 0.460. The normalized spacial score (nSPS) is 10.5. The number of hydrogen-bond acceptors (Lipinski definition) is 7. The fourth-order valence-electron chi connectivity index (χ4n) is 1.93. The van der Waals surface area contributed by atoms with Crippen molar-refractivity contribution >= 4 is 11.7 Å². The van der Waals surface area contributed by atoms with E-state index < -0.39 is 5.91 Å². The Kier molecular flexibility index (Phi) is 6.37. The highest BCUT2D eigenvalue weighted by Gasteiger charge is 2.14. The van der Waals surface area contributed by atoms with E-state index in [1.54, 1.807) is 0 Å². The van der Waals surface area contributed by atoms with Crippen molar-refractivity contribution in [3.05, 3.63) is 35.5 Å². The summed E-state index contributed by atoms with van der Waals surface area (Å²) in [6, 6.07) is 7.89. The molecule has 0 spiro atoms. The van der Waals surface area contributed by atoms with Crippen LogP contribution in [0.5, 0.6) is 5.75 Å². The maximum absolute atomic E-state index is 11.7. The Bertz CT molecular complexity index is 629. The minimum absolute atomic E-state index is 0.00307. The number of nitrogens with one attached hydrogen (secondary N) is 2. The maximum atomic E-state index is 11.7. The molecule has 0 aliphatic rings. The molecule has 0 atom stereocenters. The molecule has 0 fully saturated rings. The SMILES string of the molecule is CCCOc1ccccc1CNCCNC(=O)c1nonc1N. The number of ether oxygens (including phenoxy) is 1. The second-order valence-corrected chi connectivity index (χ2v) is 4.89. The minimum atomic E-state index is -0.405. The molecule has 0 bridgehead atoms. The second kappa shape index (κ2) is 8.74. The summed E-state index contributed by atoms with van der Waals surface area (Å²) < 4.78 is 10.1. The molecule has 1 aromatic heterocycles. The van der Waals surface area contributed by atoms with Crippen LogP contribution in [-0.4, -0.2) is 35.9 Å².